The maximum absolute atomic E-state index is 15.6. The first kappa shape index (κ1) is 19.5. The molecule has 4 aromatic rings. The lowest BCUT2D eigenvalue weighted by Crippen LogP contribution is -2.15. The summed E-state index contributed by atoms with van der Waals surface area (Å²) < 4.78 is 43.9. The van der Waals surface area contributed by atoms with E-state index in [1.165, 1.54) is 30.6 Å². The summed E-state index contributed by atoms with van der Waals surface area (Å²) in [6, 6.07) is 19.9. The molecule has 150 valence electrons. The van der Waals surface area contributed by atoms with Crippen LogP contribution in [0.25, 0.3) is 22.4 Å². The third kappa shape index (κ3) is 3.85. The second kappa shape index (κ2) is 7.92. The molecule has 6 nitrogen and oxygen atoms in total. The molecule has 0 spiro atoms. The van der Waals surface area contributed by atoms with Crippen LogP contribution in [0.5, 0.6) is 0 Å². The fraction of sp³-hybridized carbons (Fsp3) is 0. The molecule has 8 heteroatoms. The summed E-state index contributed by atoms with van der Waals surface area (Å²) in [5.74, 6) is -0.556. The van der Waals surface area contributed by atoms with Gasteiger partial charge in [-0.1, -0.05) is 54.6 Å². The van der Waals surface area contributed by atoms with Crippen LogP contribution in [0.3, 0.4) is 0 Å². The van der Waals surface area contributed by atoms with Crippen LogP contribution in [-0.2, 0) is 10.0 Å². The van der Waals surface area contributed by atoms with Crippen LogP contribution in [0.15, 0.2) is 90.1 Å². The van der Waals surface area contributed by atoms with Crippen LogP contribution in [0, 0.1) is 5.82 Å². The van der Waals surface area contributed by atoms with Crippen molar-refractivity contribution in [3.05, 3.63) is 91.0 Å². The van der Waals surface area contributed by atoms with E-state index in [1.807, 2.05) is 6.07 Å². The Morgan fingerprint density at radius 2 is 1.43 bits per heavy atom. The van der Waals surface area contributed by atoms with E-state index in [1.54, 1.807) is 48.5 Å². The zero-order chi connectivity index (χ0) is 21.1. The highest BCUT2D eigenvalue weighted by atomic mass is 32.2. The number of hydrogen-bond donors (Lipinski definition) is 2. The molecule has 0 unspecified atom stereocenters. The summed E-state index contributed by atoms with van der Waals surface area (Å²) in [7, 11) is -4.02. The van der Waals surface area contributed by atoms with Gasteiger partial charge in [0.05, 0.1) is 28.7 Å². The van der Waals surface area contributed by atoms with E-state index >= 15 is 4.39 Å². The summed E-state index contributed by atoms with van der Waals surface area (Å²) in [5, 5.41) is 0. The number of nitrogen functional groups attached to an aromatic ring is 1. The molecule has 0 fully saturated rings. The molecular formula is C22H17FN4O2S. The van der Waals surface area contributed by atoms with Crippen molar-refractivity contribution in [2.45, 2.75) is 4.90 Å². The number of halogens is 1. The van der Waals surface area contributed by atoms with E-state index in [0.717, 1.165) is 0 Å². The predicted octanol–water partition coefficient (Wildman–Crippen LogP) is 4.33. The molecule has 1 aromatic heterocycles. The minimum Gasteiger partial charge on any atom is -0.382 e. The molecule has 1 heterocycles. The highest BCUT2D eigenvalue weighted by Gasteiger charge is 2.22. The normalized spacial score (nSPS) is 11.2. The Bertz CT molecular complexity index is 1280. The Kier molecular flexibility index (Phi) is 5.16. The Morgan fingerprint density at radius 3 is 2.07 bits per heavy atom. The Hall–Kier alpha value is -3.78. The van der Waals surface area contributed by atoms with Gasteiger partial charge in [-0.15, -0.1) is 0 Å². The molecule has 0 aliphatic heterocycles. The second-order valence-corrected chi connectivity index (χ2v) is 8.14. The van der Waals surface area contributed by atoms with Gasteiger partial charge in [0, 0.05) is 11.1 Å². The molecule has 30 heavy (non-hydrogen) atoms. The smallest absolute Gasteiger partial charge is 0.262 e. The van der Waals surface area contributed by atoms with E-state index in [-0.39, 0.29) is 27.7 Å². The number of sulfonamides is 1. The van der Waals surface area contributed by atoms with Gasteiger partial charge in [0.25, 0.3) is 10.0 Å². The number of hydrogen-bond acceptors (Lipinski definition) is 5. The van der Waals surface area contributed by atoms with Crippen molar-refractivity contribution < 1.29 is 12.8 Å². The molecule has 4 rings (SSSR count). The van der Waals surface area contributed by atoms with Crippen molar-refractivity contribution in [2.75, 3.05) is 10.5 Å². The van der Waals surface area contributed by atoms with Gasteiger partial charge in [0.2, 0.25) is 0 Å². The van der Waals surface area contributed by atoms with Gasteiger partial charge in [-0.05, 0) is 23.8 Å². The molecule has 0 bridgehead atoms. The van der Waals surface area contributed by atoms with E-state index in [2.05, 4.69) is 14.7 Å². The molecule has 0 amide bonds. The summed E-state index contributed by atoms with van der Waals surface area (Å²) in [5.41, 5.74) is 6.80. The number of nitrogens with zero attached hydrogens (tertiary/aromatic N) is 2. The number of anilines is 2. The SMILES string of the molecule is Nc1cnc(-c2ccc(-c3ccccc3)c(NS(=O)(=O)c3ccccc3)c2F)cn1. The molecule has 0 aliphatic rings. The van der Waals surface area contributed by atoms with Crippen LogP contribution in [0.4, 0.5) is 15.9 Å². The Labute approximate surface area is 173 Å². The van der Waals surface area contributed by atoms with Crippen molar-refractivity contribution in [1.82, 2.24) is 9.97 Å². The van der Waals surface area contributed by atoms with E-state index in [9.17, 15) is 8.42 Å². The highest BCUT2D eigenvalue weighted by Crippen LogP contribution is 2.36. The average molecular weight is 420 g/mol. The number of rotatable bonds is 5. The van der Waals surface area contributed by atoms with Gasteiger partial charge in [0.15, 0.2) is 5.82 Å². The fourth-order valence-electron chi connectivity index (χ4n) is 3.00. The maximum Gasteiger partial charge on any atom is 0.262 e. The molecule has 0 atom stereocenters. The van der Waals surface area contributed by atoms with Gasteiger partial charge < -0.3 is 5.73 Å². The lowest BCUT2D eigenvalue weighted by atomic mass is 10.00. The van der Waals surface area contributed by atoms with E-state index < -0.39 is 15.8 Å². The average Bonchev–Trinajstić information content (AvgIpc) is 2.77. The molecule has 0 aliphatic carbocycles. The third-order valence-corrected chi connectivity index (χ3v) is 5.83. The summed E-state index contributed by atoms with van der Waals surface area (Å²) in [6.07, 6.45) is 2.65. The van der Waals surface area contributed by atoms with Crippen molar-refractivity contribution >= 4 is 21.5 Å². The monoisotopic (exact) mass is 420 g/mol. The van der Waals surface area contributed by atoms with E-state index in [4.69, 9.17) is 5.73 Å². The zero-order valence-corrected chi connectivity index (χ0v) is 16.5. The van der Waals surface area contributed by atoms with Crippen molar-refractivity contribution in [3.8, 4) is 22.4 Å². The minimum absolute atomic E-state index is 0.0288. The molecule has 3 aromatic carbocycles. The zero-order valence-electron chi connectivity index (χ0n) is 15.7. The number of nitrogens with one attached hydrogen (secondary N) is 1. The van der Waals surface area contributed by atoms with E-state index in [0.29, 0.717) is 11.1 Å². The standard InChI is InChI=1S/C22H17FN4O2S/c23-21-18(19-13-26-20(24)14-25-19)12-11-17(15-7-3-1-4-8-15)22(21)27-30(28,29)16-9-5-2-6-10-16/h1-14,27H,(H2,24,26). The number of nitrogens with two attached hydrogens (primary N) is 1. The molecule has 3 N–H and O–H groups in total. The van der Waals surface area contributed by atoms with Crippen molar-refractivity contribution in [3.63, 3.8) is 0 Å². The topological polar surface area (TPSA) is 98.0 Å². The molecule has 0 saturated heterocycles. The lowest BCUT2D eigenvalue weighted by molar-refractivity contribution is 0.599. The Morgan fingerprint density at radius 1 is 0.800 bits per heavy atom. The minimum atomic E-state index is -4.02. The van der Waals surface area contributed by atoms with Crippen LogP contribution < -0.4 is 10.5 Å². The van der Waals surface area contributed by atoms with Gasteiger partial charge in [-0.2, -0.15) is 0 Å². The third-order valence-electron chi connectivity index (χ3n) is 4.46. The first-order valence-corrected chi connectivity index (χ1v) is 10.5. The van der Waals surface area contributed by atoms with Crippen LogP contribution >= 0.6 is 0 Å². The maximum atomic E-state index is 15.6. The number of aromatic nitrogens is 2. The molecule has 0 radical (unpaired) electrons. The fourth-order valence-corrected chi connectivity index (χ4v) is 4.10. The van der Waals surface area contributed by atoms with Crippen molar-refractivity contribution in [2.24, 2.45) is 0 Å². The van der Waals surface area contributed by atoms with Gasteiger partial charge >= 0.3 is 0 Å². The van der Waals surface area contributed by atoms with Crippen LogP contribution in [0.2, 0.25) is 0 Å². The number of benzene rings is 3. The van der Waals surface area contributed by atoms with Gasteiger partial charge in [-0.25, -0.2) is 17.8 Å². The summed E-state index contributed by atoms with van der Waals surface area (Å²) in [6.45, 7) is 0. The highest BCUT2D eigenvalue weighted by molar-refractivity contribution is 7.92. The predicted molar refractivity (Wildman–Crippen MR) is 115 cm³/mol. The molecular weight excluding hydrogens is 403 g/mol. The van der Waals surface area contributed by atoms with Crippen LogP contribution in [-0.4, -0.2) is 18.4 Å². The first-order chi connectivity index (χ1) is 14.5. The quantitative estimate of drug-likeness (QED) is 0.501. The first-order valence-electron chi connectivity index (χ1n) is 8.99. The summed E-state index contributed by atoms with van der Waals surface area (Å²) >= 11 is 0. The molecule has 0 saturated carbocycles. The largest absolute Gasteiger partial charge is 0.382 e. The Balaban J connectivity index is 1.89. The lowest BCUT2D eigenvalue weighted by Gasteiger charge is -2.16. The second-order valence-electron chi connectivity index (χ2n) is 6.46. The van der Waals surface area contributed by atoms with Gasteiger partial charge in [0.1, 0.15) is 5.82 Å². The summed E-state index contributed by atoms with van der Waals surface area (Å²) in [4.78, 5) is 8.07. The van der Waals surface area contributed by atoms with Crippen LogP contribution in [0.1, 0.15) is 0 Å². The van der Waals surface area contributed by atoms with Crippen molar-refractivity contribution in [1.29, 1.82) is 0 Å². The van der Waals surface area contributed by atoms with Gasteiger partial charge in [-0.3, -0.25) is 9.71 Å².